The van der Waals surface area contributed by atoms with Gasteiger partial charge in [-0.3, -0.25) is 4.79 Å². The molecule has 6 nitrogen and oxygen atoms in total. The number of benzene rings is 2. The van der Waals surface area contributed by atoms with E-state index < -0.39 is 5.82 Å². The molecule has 0 radical (unpaired) electrons. The number of halogens is 2. The summed E-state index contributed by atoms with van der Waals surface area (Å²) in [6.07, 6.45) is 0.598. The van der Waals surface area contributed by atoms with Gasteiger partial charge in [0.05, 0.1) is 29.2 Å². The normalized spacial score (nSPS) is 11.1. The Balaban J connectivity index is 1.64. The predicted molar refractivity (Wildman–Crippen MR) is 128 cm³/mol. The average molecular weight is 467 g/mol. The summed E-state index contributed by atoms with van der Waals surface area (Å²) >= 11 is 6.01. The van der Waals surface area contributed by atoms with Crippen molar-refractivity contribution in [3.8, 4) is 11.6 Å². The second kappa shape index (κ2) is 9.19. The molecule has 0 saturated carbocycles. The lowest BCUT2D eigenvalue weighted by Crippen LogP contribution is -2.13. The number of aryl methyl sites for hydroxylation is 3. The van der Waals surface area contributed by atoms with E-state index in [0.717, 1.165) is 39.5 Å². The van der Waals surface area contributed by atoms with Crippen molar-refractivity contribution in [1.82, 2.24) is 14.8 Å². The summed E-state index contributed by atoms with van der Waals surface area (Å²) in [6.45, 7) is 5.97. The van der Waals surface area contributed by atoms with E-state index in [1.54, 1.807) is 7.11 Å². The van der Waals surface area contributed by atoms with Gasteiger partial charge in [0.1, 0.15) is 5.82 Å². The Morgan fingerprint density at radius 1 is 1.15 bits per heavy atom. The van der Waals surface area contributed by atoms with Crippen LogP contribution in [0.5, 0.6) is 5.88 Å². The fraction of sp³-hybridized carbons (Fsp3) is 0.240. The van der Waals surface area contributed by atoms with E-state index in [9.17, 15) is 9.18 Å². The van der Waals surface area contributed by atoms with Crippen LogP contribution in [0.2, 0.25) is 5.02 Å². The van der Waals surface area contributed by atoms with Gasteiger partial charge in [-0.05, 0) is 63.1 Å². The topological polar surface area (TPSA) is 69.0 Å². The van der Waals surface area contributed by atoms with Crippen molar-refractivity contribution in [3.05, 3.63) is 75.7 Å². The Morgan fingerprint density at radius 2 is 1.88 bits per heavy atom. The second-order valence-electron chi connectivity index (χ2n) is 7.93. The van der Waals surface area contributed by atoms with Gasteiger partial charge in [-0.2, -0.15) is 10.1 Å². The number of hydrogen-bond acceptors (Lipinski definition) is 4. The summed E-state index contributed by atoms with van der Waals surface area (Å²) in [5.74, 6) is -0.239. The van der Waals surface area contributed by atoms with Crippen LogP contribution in [0.25, 0.3) is 16.7 Å². The van der Waals surface area contributed by atoms with Crippen LogP contribution in [-0.2, 0) is 11.2 Å². The lowest BCUT2D eigenvalue weighted by atomic mass is 10.0. The van der Waals surface area contributed by atoms with E-state index in [-0.39, 0.29) is 17.4 Å². The summed E-state index contributed by atoms with van der Waals surface area (Å²) in [7, 11) is 1.56. The molecular formula is C25H24ClFN4O2. The lowest BCUT2D eigenvalue weighted by molar-refractivity contribution is -0.116. The monoisotopic (exact) mass is 466 g/mol. The Kier molecular flexibility index (Phi) is 6.33. The van der Waals surface area contributed by atoms with Gasteiger partial charge in [0.25, 0.3) is 0 Å². The number of nitrogens with one attached hydrogen (secondary N) is 1. The van der Waals surface area contributed by atoms with Gasteiger partial charge >= 0.3 is 0 Å². The van der Waals surface area contributed by atoms with Crippen LogP contribution < -0.4 is 10.1 Å². The van der Waals surface area contributed by atoms with Gasteiger partial charge in [0.15, 0.2) is 5.65 Å². The lowest BCUT2D eigenvalue weighted by Gasteiger charge is -2.13. The van der Waals surface area contributed by atoms with Crippen molar-refractivity contribution in [2.24, 2.45) is 0 Å². The zero-order valence-corrected chi connectivity index (χ0v) is 19.6. The highest BCUT2D eigenvalue weighted by atomic mass is 35.5. The molecular weight excluding hydrogens is 443 g/mol. The largest absolute Gasteiger partial charge is 0.481 e. The maximum Gasteiger partial charge on any atom is 0.224 e. The number of hydrogen-bond donors (Lipinski definition) is 1. The standard InChI is InChI=1S/C25H24ClFN4O2/c1-14-5-8-18(9-6-14)31-24-23(16(3)30-31)15(2)19(25(29-24)33-4)10-12-22(32)28-21-11-7-17(27)13-20(21)26/h5-9,11,13H,10,12H2,1-4H3,(H,28,32). The molecule has 0 aliphatic rings. The number of nitrogens with zero attached hydrogens (tertiary/aromatic N) is 3. The third kappa shape index (κ3) is 4.54. The summed E-state index contributed by atoms with van der Waals surface area (Å²) in [5, 5.41) is 8.53. The minimum Gasteiger partial charge on any atom is -0.481 e. The fourth-order valence-corrected chi connectivity index (χ4v) is 4.12. The van der Waals surface area contributed by atoms with Crippen LogP contribution in [0.3, 0.4) is 0 Å². The molecule has 33 heavy (non-hydrogen) atoms. The summed E-state index contributed by atoms with van der Waals surface area (Å²) in [5.41, 5.74) is 5.82. The van der Waals surface area contributed by atoms with E-state index in [4.69, 9.17) is 26.4 Å². The maximum absolute atomic E-state index is 13.2. The highest BCUT2D eigenvalue weighted by Crippen LogP contribution is 2.32. The van der Waals surface area contributed by atoms with Crippen LogP contribution in [0, 0.1) is 26.6 Å². The number of aromatic nitrogens is 3. The Bertz CT molecular complexity index is 1350. The second-order valence-corrected chi connectivity index (χ2v) is 8.34. The van der Waals surface area contributed by atoms with E-state index in [1.165, 1.54) is 12.1 Å². The maximum atomic E-state index is 13.2. The number of carbonyl (C=O) groups is 1. The molecule has 0 fully saturated rings. The van der Waals surface area contributed by atoms with E-state index >= 15 is 0 Å². The number of pyridine rings is 1. The van der Waals surface area contributed by atoms with Crippen molar-refractivity contribution in [3.63, 3.8) is 0 Å². The molecule has 1 amide bonds. The Hall–Kier alpha value is -3.45. The molecule has 2 aromatic carbocycles. The van der Waals surface area contributed by atoms with Crippen LogP contribution >= 0.6 is 11.6 Å². The minimum atomic E-state index is -0.459. The van der Waals surface area contributed by atoms with Gasteiger partial charge < -0.3 is 10.1 Å². The van der Waals surface area contributed by atoms with Crippen molar-refractivity contribution in [1.29, 1.82) is 0 Å². The minimum absolute atomic E-state index is 0.152. The first kappa shape index (κ1) is 22.7. The quantitative estimate of drug-likeness (QED) is 0.394. The average Bonchev–Trinajstić information content (AvgIpc) is 3.11. The predicted octanol–water partition coefficient (Wildman–Crippen LogP) is 5.72. The van der Waals surface area contributed by atoms with Crippen molar-refractivity contribution < 1.29 is 13.9 Å². The summed E-state index contributed by atoms with van der Waals surface area (Å²) in [6, 6.07) is 11.9. The van der Waals surface area contributed by atoms with Crippen LogP contribution in [0.15, 0.2) is 42.5 Å². The Morgan fingerprint density at radius 3 is 2.55 bits per heavy atom. The number of amides is 1. The number of fused-ring (bicyclic) bond motifs is 1. The molecule has 0 bridgehead atoms. The van der Waals surface area contributed by atoms with Crippen molar-refractivity contribution in [2.45, 2.75) is 33.6 Å². The number of anilines is 1. The number of methoxy groups -OCH3 is 1. The zero-order valence-electron chi connectivity index (χ0n) is 18.9. The van der Waals surface area contributed by atoms with Crippen molar-refractivity contribution >= 4 is 34.2 Å². The molecule has 4 aromatic rings. The fourth-order valence-electron chi connectivity index (χ4n) is 3.90. The van der Waals surface area contributed by atoms with E-state index in [2.05, 4.69) is 5.32 Å². The molecule has 0 saturated heterocycles. The molecule has 1 N–H and O–H groups in total. The Labute approximate surface area is 196 Å². The molecule has 8 heteroatoms. The molecule has 2 heterocycles. The summed E-state index contributed by atoms with van der Waals surface area (Å²) < 4.78 is 20.6. The first-order valence-electron chi connectivity index (χ1n) is 10.5. The molecule has 0 aliphatic heterocycles. The smallest absolute Gasteiger partial charge is 0.224 e. The highest BCUT2D eigenvalue weighted by molar-refractivity contribution is 6.33. The van der Waals surface area contributed by atoms with E-state index in [0.29, 0.717) is 23.6 Å². The molecule has 0 spiro atoms. The molecule has 2 aromatic heterocycles. The molecule has 0 atom stereocenters. The third-order valence-electron chi connectivity index (χ3n) is 5.61. The van der Waals surface area contributed by atoms with Crippen molar-refractivity contribution in [2.75, 3.05) is 12.4 Å². The van der Waals surface area contributed by atoms with E-state index in [1.807, 2.05) is 49.7 Å². The van der Waals surface area contributed by atoms with Gasteiger partial charge in [0.2, 0.25) is 11.8 Å². The number of carbonyl (C=O) groups excluding carboxylic acids is 1. The number of rotatable bonds is 6. The highest BCUT2D eigenvalue weighted by Gasteiger charge is 2.20. The van der Waals surface area contributed by atoms with Gasteiger partial charge in [-0.25, -0.2) is 9.07 Å². The third-order valence-corrected chi connectivity index (χ3v) is 5.92. The van der Waals surface area contributed by atoms with Crippen LogP contribution in [-0.4, -0.2) is 27.8 Å². The van der Waals surface area contributed by atoms with Gasteiger partial charge in [-0.1, -0.05) is 29.3 Å². The van der Waals surface area contributed by atoms with Gasteiger partial charge in [-0.15, -0.1) is 0 Å². The first-order valence-corrected chi connectivity index (χ1v) is 10.9. The first-order chi connectivity index (χ1) is 15.8. The molecule has 0 aliphatic carbocycles. The van der Waals surface area contributed by atoms with Crippen LogP contribution in [0.1, 0.15) is 28.8 Å². The molecule has 170 valence electrons. The zero-order chi connectivity index (χ0) is 23.7. The van der Waals surface area contributed by atoms with Gasteiger partial charge in [0, 0.05) is 17.4 Å². The summed E-state index contributed by atoms with van der Waals surface area (Å²) in [4.78, 5) is 17.3. The SMILES string of the molecule is COc1nc2c(c(C)nn2-c2ccc(C)cc2)c(C)c1CCC(=O)Nc1ccc(F)cc1Cl. The molecule has 0 unspecified atom stereocenters. The van der Waals surface area contributed by atoms with Crippen LogP contribution in [0.4, 0.5) is 10.1 Å². The molecule has 4 rings (SSSR count). The number of ether oxygens (including phenoxy) is 1.